The number of thiophene rings is 2. The Kier molecular flexibility index (Phi) is 11.6. The summed E-state index contributed by atoms with van der Waals surface area (Å²) in [7, 11) is 0. The summed E-state index contributed by atoms with van der Waals surface area (Å²) in [6.07, 6.45) is 9.60. The first-order valence-electron chi connectivity index (χ1n) is 20.1. The molecule has 0 amide bonds. The first-order valence-corrected chi connectivity index (χ1v) is 22.5. The number of unbranched alkanes of at least 4 members (excludes halogenated alkanes) is 2. The molecule has 0 spiro atoms. The summed E-state index contributed by atoms with van der Waals surface area (Å²) in [6.45, 7) is 9.11. The van der Waals surface area contributed by atoms with Gasteiger partial charge in [0.1, 0.15) is 11.0 Å². The molecule has 0 saturated heterocycles. The summed E-state index contributed by atoms with van der Waals surface area (Å²) >= 11 is 4.97. The molecule has 8 aromatic rings. The lowest BCUT2D eigenvalue weighted by atomic mass is 10.00. The molecule has 0 radical (unpaired) electrons. The van der Waals surface area contributed by atoms with Gasteiger partial charge in [0.2, 0.25) is 0 Å². The van der Waals surface area contributed by atoms with Crippen LogP contribution in [-0.4, -0.2) is 20.8 Å². The summed E-state index contributed by atoms with van der Waals surface area (Å²) in [4.78, 5) is 4.95. The summed E-state index contributed by atoms with van der Waals surface area (Å²) in [5.74, 6) is 0. The number of hydrogen-bond donors (Lipinski definition) is 2. The number of benzene rings is 5. The van der Waals surface area contributed by atoms with Crippen molar-refractivity contribution >= 4 is 78.4 Å². The second-order valence-electron chi connectivity index (χ2n) is 14.6. The number of anilines is 2. The minimum absolute atomic E-state index is 0.489. The van der Waals surface area contributed by atoms with Crippen molar-refractivity contribution in [3.05, 3.63) is 109 Å². The van der Waals surface area contributed by atoms with Gasteiger partial charge in [0, 0.05) is 64.9 Å². The van der Waals surface area contributed by atoms with Crippen LogP contribution in [0, 0.1) is 0 Å². The zero-order valence-corrected chi connectivity index (χ0v) is 34.8. The van der Waals surface area contributed by atoms with Crippen LogP contribution in [0.1, 0.15) is 79.1 Å². The van der Waals surface area contributed by atoms with Crippen LogP contribution in [0.15, 0.2) is 109 Å². The number of rotatable bonds is 16. The van der Waals surface area contributed by atoms with Gasteiger partial charge in [-0.25, -0.2) is 0 Å². The van der Waals surface area contributed by atoms with Gasteiger partial charge < -0.3 is 10.6 Å². The number of fused-ring (bicyclic) bond motifs is 3. The fourth-order valence-corrected chi connectivity index (χ4v) is 10.6. The Morgan fingerprint density at radius 2 is 0.836 bits per heavy atom. The Labute approximate surface area is 338 Å². The summed E-state index contributed by atoms with van der Waals surface area (Å²) in [5, 5.41) is 12.9. The van der Waals surface area contributed by atoms with Crippen molar-refractivity contribution in [1.29, 1.82) is 0 Å². The molecule has 3 aromatic heterocycles. The van der Waals surface area contributed by atoms with Crippen molar-refractivity contribution < 1.29 is 0 Å². The smallest absolute Gasteiger partial charge is 0.114 e. The molecular formula is C48H50N4S3. The Hall–Kier alpha value is -4.56. The van der Waals surface area contributed by atoms with Gasteiger partial charge in [-0.1, -0.05) is 126 Å². The van der Waals surface area contributed by atoms with Crippen molar-refractivity contribution in [1.82, 2.24) is 8.75 Å². The molecule has 4 nitrogen and oxygen atoms in total. The largest absolute Gasteiger partial charge is 0.382 e. The molecular weight excluding hydrogens is 729 g/mol. The van der Waals surface area contributed by atoms with E-state index in [4.69, 9.17) is 8.75 Å². The molecule has 55 heavy (non-hydrogen) atoms. The lowest BCUT2D eigenvalue weighted by Gasteiger charge is -2.20. The molecule has 5 aromatic carbocycles. The highest BCUT2D eigenvalue weighted by atomic mass is 32.1. The van der Waals surface area contributed by atoms with Gasteiger partial charge in [0.15, 0.2) is 0 Å². The molecule has 0 aliphatic rings. The molecule has 0 saturated carbocycles. The maximum Gasteiger partial charge on any atom is 0.114 e. The van der Waals surface area contributed by atoms with Crippen LogP contribution in [0.2, 0.25) is 0 Å². The second-order valence-corrected chi connectivity index (χ2v) is 17.3. The predicted octanol–water partition coefficient (Wildman–Crippen LogP) is 15.6. The van der Waals surface area contributed by atoms with E-state index in [0.717, 1.165) is 35.0 Å². The van der Waals surface area contributed by atoms with Crippen molar-refractivity contribution in [3.8, 4) is 41.8 Å². The Morgan fingerprint density at radius 1 is 0.455 bits per heavy atom. The second kappa shape index (κ2) is 17.1. The van der Waals surface area contributed by atoms with Crippen molar-refractivity contribution in [2.45, 2.75) is 91.1 Å². The molecule has 0 aliphatic carbocycles. The number of hydrogen-bond acceptors (Lipinski definition) is 7. The number of nitrogens with zero attached hydrogens (tertiary/aromatic N) is 2. The highest BCUT2D eigenvalue weighted by molar-refractivity contribution is 7.19. The van der Waals surface area contributed by atoms with Gasteiger partial charge in [0.05, 0.1) is 11.7 Å². The van der Waals surface area contributed by atoms with Gasteiger partial charge >= 0.3 is 0 Å². The number of aromatic nitrogens is 2. The van der Waals surface area contributed by atoms with Crippen LogP contribution in [0.5, 0.6) is 0 Å². The standard InChI is InChI=1S/C48H50N4S3/c1-5-9-15-31(7-3)49-41-25-23-37(33-17-11-13-19-35(33)41)43-27-29-45(53-43)39-21-22-40(48-47(39)51-55-52-48)46-30-28-44(54-46)38-24-26-42(36-20-14-12-18-34(36)38)50-32(8-4)16-10-6-2/h11-14,17-32,49-50H,5-10,15-16H2,1-4H3. The van der Waals surface area contributed by atoms with Crippen LogP contribution in [-0.2, 0) is 0 Å². The van der Waals surface area contributed by atoms with Crippen molar-refractivity contribution in [2.75, 3.05) is 10.6 Å². The van der Waals surface area contributed by atoms with Crippen LogP contribution in [0.3, 0.4) is 0 Å². The van der Waals surface area contributed by atoms with E-state index in [-0.39, 0.29) is 0 Å². The maximum atomic E-state index is 4.87. The third kappa shape index (κ3) is 7.67. The third-order valence-corrected chi connectivity index (χ3v) is 13.9. The summed E-state index contributed by atoms with van der Waals surface area (Å²) in [6, 6.07) is 41.4. The molecule has 7 heteroatoms. The highest BCUT2D eigenvalue weighted by Gasteiger charge is 2.19. The fraction of sp³-hybridized carbons (Fsp3) is 0.292. The first kappa shape index (κ1) is 37.4. The first-order chi connectivity index (χ1) is 27.1. The zero-order chi connectivity index (χ0) is 37.7. The Morgan fingerprint density at radius 3 is 1.24 bits per heavy atom. The van der Waals surface area contributed by atoms with E-state index in [9.17, 15) is 0 Å². The zero-order valence-electron chi connectivity index (χ0n) is 32.3. The average Bonchev–Trinajstić information content (AvgIpc) is 4.03. The molecule has 2 atom stereocenters. The molecule has 2 unspecified atom stereocenters. The Balaban J connectivity index is 1.08. The maximum absolute atomic E-state index is 4.87. The van der Waals surface area contributed by atoms with Crippen molar-refractivity contribution in [3.63, 3.8) is 0 Å². The normalized spacial score (nSPS) is 12.8. The van der Waals surface area contributed by atoms with Crippen LogP contribution >= 0.6 is 34.4 Å². The van der Waals surface area contributed by atoms with E-state index >= 15 is 0 Å². The summed E-state index contributed by atoms with van der Waals surface area (Å²) < 4.78 is 9.75. The van der Waals surface area contributed by atoms with E-state index in [1.165, 1.54) is 114 Å². The minimum Gasteiger partial charge on any atom is -0.382 e. The van der Waals surface area contributed by atoms with Gasteiger partial charge in [-0.15, -0.1) is 22.7 Å². The molecule has 280 valence electrons. The SMILES string of the molecule is CCCCC(CC)Nc1ccc(-c2ccc(-c3ccc(-c4ccc(-c5ccc(NC(CC)CCCC)c6ccccc56)s4)c4nsnc34)s2)c2ccccc12. The highest BCUT2D eigenvalue weighted by Crippen LogP contribution is 2.45. The molecule has 8 rings (SSSR count). The molecule has 0 fully saturated rings. The van der Waals surface area contributed by atoms with Gasteiger partial charge in [-0.3, -0.25) is 0 Å². The van der Waals surface area contributed by atoms with Crippen molar-refractivity contribution in [2.24, 2.45) is 0 Å². The lowest BCUT2D eigenvalue weighted by molar-refractivity contribution is 0.594. The minimum atomic E-state index is 0.489. The molecule has 3 heterocycles. The van der Waals surface area contributed by atoms with E-state index in [2.05, 4.69) is 148 Å². The molecule has 0 aliphatic heterocycles. The lowest BCUT2D eigenvalue weighted by Crippen LogP contribution is -2.18. The van der Waals surface area contributed by atoms with Gasteiger partial charge in [-0.05, 0) is 84.0 Å². The average molecular weight is 779 g/mol. The van der Waals surface area contributed by atoms with E-state index < -0.39 is 0 Å². The predicted molar refractivity (Wildman–Crippen MR) is 244 cm³/mol. The van der Waals surface area contributed by atoms with Crippen LogP contribution < -0.4 is 10.6 Å². The molecule has 2 N–H and O–H groups in total. The van der Waals surface area contributed by atoms with Gasteiger partial charge in [-0.2, -0.15) is 8.75 Å². The summed E-state index contributed by atoms with van der Waals surface area (Å²) in [5.41, 5.74) is 9.23. The quantitative estimate of drug-likeness (QED) is 0.103. The van der Waals surface area contributed by atoms with Crippen LogP contribution in [0.25, 0.3) is 74.3 Å². The topological polar surface area (TPSA) is 49.8 Å². The van der Waals surface area contributed by atoms with E-state index in [1.54, 1.807) is 0 Å². The van der Waals surface area contributed by atoms with Gasteiger partial charge in [0.25, 0.3) is 0 Å². The van der Waals surface area contributed by atoms with E-state index in [0.29, 0.717) is 12.1 Å². The monoisotopic (exact) mass is 778 g/mol. The molecule has 0 bridgehead atoms. The number of nitrogens with one attached hydrogen (secondary N) is 2. The van der Waals surface area contributed by atoms with E-state index in [1.807, 2.05) is 22.7 Å². The van der Waals surface area contributed by atoms with Crippen LogP contribution in [0.4, 0.5) is 11.4 Å². The fourth-order valence-electron chi connectivity index (χ4n) is 7.90. The Bertz CT molecular complexity index is 2370. The third-order valence-electron chi connectivity index (χ3n) is 11.1.